The Hall–Kier alpha value is -1.31. The third-order valence-electron chi connectivity index (χ3n) is 17.8. The van der Waals surface area contributed by atoms with Crippen LogP contribution in [0.25, 0.3) is 0 Å². The fourth-order valence-electron chi connectivity index (χ4n) is 11.4. The maximum atomic E-state index is 13.0. The summed E-state index contributed by atoms with van der Waals surface area (Å²) in [7, 11) is -3.43. The lowest BCUT2D eigenvalue weighted by molar-refractivity contribution is -0.375. The summed E-state index contributed by atoms with van der Waals surface area (Å²) in [5.41, 5.74) is -2.78. The highest BCUT2D eigenvalue weighted by molar-refractivity contribution is 7.54. The molecule has 0 saturated carbocycles. The Morgan fingerprint density at radius 3 is 1.41 bits per heavy atom. The molecule has 5 N–H and O–H groups in total. The van der Waals surface area contributed by atoms with Crippen molar-refractivity contribution in [1.82, 2.24) is 25.2 Å². The minimum atomic E-state index is -3.43. The number of ether oxygens (including phenoxy) is 2. The summed E-state index contributed by atoms with van der Waals surface area (Å²) in [5, 5.41) is 60.5. The highest BCUT2D eigenvalue weighted by atomic mass is 31.2. The van der Waals surface area contributed by atoms with Crippen molar-refractivity contribution < 1.29 is 53.9 Å². The number of carbonyl (C=O) groups excluding carboxylic acids is 1. The van der Waals surface area contributed by atoms with Gasteiger partial charge in [0.1, 0.15) is 11.3 Å². The van der Waals surface area contributed by atoms with Crippen LogP contribution < -0.4 is 0 Å². The predicted octanol–water partition coefficient (Wildman–Crippen LogP) is 14.0. The number of nitrogens with zero attached hydrogens (tertiary/aromatic N) is 6. The van der Waals surface area contributed by atoms with Crippen LogP contribution in [0.4, 0.5) is 0 Å². The number of hydroxylamine groups is 8. The zero-order chi connectivity index (χ0) is 59.0. The quantitative estimate of drug-likeness (QED) is 0.0624. The fraction of sp³-hybridized carbons (Fsp3) is 0.965. The third kappa shape index (κ3) is 15.6. The number of oxime groups is 1. The summed E-state index contributed by atoms with van der Waals surface area (Å²) in [6.45, 7) is 54.8. The van der Waals surface area contributed by atoms with Gasteiger partial charge in [-0.05, 0) is 140 Å². The second-order valence-electron chi connectivity index (χ2n) is 27.1. The van der Waals surface area contributed by atoms with Crippen molar-refractivity contribution in [3.8, 4) is 0 Å². The number of carbonyl (C=O) groups is 1. The smallest absolute Gasteiger partial charge is 0.350 e. The highest BCUT2D eigenvalue weighted by Gasteiger charge is 2.60. The van der Waals surface area contributed by atoms with Gasteiger partial charge in [-0.3, -0.25) is 9.36 Å². The predicted molar refractivity (Wildman–Crippen MR) is 302 cm³/mol. The van der Waals surface area contributed by atoms with Crippen LogP contribution in [0.2, 0.25) is 0 Å². The van der Waals surface area contributed by atoms with Gasteiger partial charge in [0, 0.05) is 64.8 Å². The normalized spacial score (nSPS) is 30.5. The van der Waals surface area contributed by atoms with E-state index in [-0.39, 0.29) is 63.7 Å². The zero-order valence-corrected chi connectivity index (χ0v) is 53.7. The number of piperidine rings is 2. The molecule has 4 rings (SSSR count). The lowest BCUT2D eigenvalue weighted by Crippen LogP contribution is -2.75. The molecule has 0 aromatic rings. The second kappa shape index (κ2) is 26.5. The van der Waals surface area contributed by atoms with Gasteiger partial charge in [0.25, 0.3) is 0 Å². The molecule has 0 radical (unpaired) electrons. The van der Waals surface area contributed by atoms with Crippen molar-refractivity contribution >= 4 is 19.2 Å². The molecule has 1 spiro atoms. The molecule has 4 fully saturated rings. The van der Waals surface area contributed by atoms with E-state index in [2.05, 4.69) is 88.2 Å². The maximum Gasteiger partial charge on any atom is 0.350 e. The average Bonchev–Trinajstić information content (AvgIpc) is 3.33. The van der Waals surface area contributed by atoms with Gasteiger partial charge in [-0.2, -0.15) is 20.3 Å². The standard InChI is InChI=1S/C16H32N2O2.C16H31NO3.C13H30NO4P.C12H24N2O2/c1-8-15(9-2)12-17(14(5,6)7)13(19)16(10-3,11-4)18(15)20;1-7-14(5)9-16(10-15(6,8-2)17(14)18)19-11-13(3,4)12-20-16;1-9-17-19(16,18-10-2)11(12(3,4)5)14(15)13(6,7)8;1-6-11(4)8-10(13-15)9(3)12(5,7-2)14(11)16/h20H,8-12H2,1-7H3;18H,7-12H2,1-6H3;11,15H,9-10H2,1-8H3;9,15-16H,6-8H2,1-5H3/b;;;13-10-. The summed E-state index contributed by atoms with van der Waals surface area (Å²) >= 11 is 0. The van der Waals surface area contributed by atoms with E-state index in [0.717, 1.165) is 75.4 Å². The van der Waals surface area contributed by atoms with Gasteiger partial charge in [-0.25, -0.2) is 0 Å². The molecule has 4 saturated heterocycles. The number of amides is 1. The number of hydrogen-bond acceptors (Lipinski definition) is 16. The Balaban J connectivity index is 0.000000502. The SMILES string of the molecule is CCC1(C)C/C(=N/O)C(C)C(C)(CC)N1O.CCC1(C)CC2(CC(C)(CC)N1O)OCC(C)(C)CO2.CCC1(CC)CN(C(C)(C)C)C(=O)C(CC)(CC)N1O.CCOP(=O)(OCC)C(N(O)C(C)(C)C)C(C)(C)C. The van der Waals surface area contributed by atoms with E-state index in [4.69, 9.17) is 23.7 Å². The zero-order valence-electron chi connectivity index (χ0n) is 52.8. The Bertz CT molecular complexity index is 1820. The van der Waals surface area contributed by atoms with Crippen molar-refractivity contribution in [2.45, 2.75) is 307 Å². The van der Waals surface area contributed by atoms with Gasteiger partial charge >= 0.3 is 7.60 Å². The van der Waals surface area contributed by atoms with Gasteiger partial charge in [-0.15, -0.1) is 0 Å². The van der Waals surface area contributed by atoms with Crippen molar-refractivity contribution in [3.63, 3.8) is 0 Å². The first kappa shape index (κ1) is 71.7. The Morgan fingerprint density at radius 1 is 0.680 bits per heavy atom. The van der Waals surface area contributed by atoms with Crippen molar-refractivity contribution in [2.24, 2.45) is 21.9 Å². The second-order valence-corrected chi connectivity index (χ2v) is 29.1. The molecule has 0 bridgehead atoms. The summed E-state index contributed by atoms with van der Waals surface area (Å²) in [4.78, 5) is 15.0. The molecule has 75 heavy (non-hydrogen) atoms. The van der Waals surface area contributed by atoms with Crippen molar-refractivity contribution in [1.29, 1.82) is 0 Å². The summed E-state index contributed by atoms with van der Waals surface area (Å²) < 4.78 is 36.2. The summed E-state index contributed by atoms with van der Waals surface area (Å²) in [6, 6.07) is 0. The fourth-order valence-corrected chi connectivity index (χ4v) is 14.1. The molecule has 17 nitrogen and oxygen atoms in total. The molecule has 446 valence electrons. The first-order valence-electron chi connectivity index (χ1n) is 28.7. The van der Waals surface area contributed by atoms with E-state index in [1.165, 1.54) is 10.1 Å². The largest absolute Gasteiger partial charge is 0.411 e. The van der Waals surface area contributed by atoms with Crippen LogP contribution in [0.5, 0.6) is 0 Å². The first-order chi connectivity index (χ1) is 34.0. The van der Waals surface area contributed by atoms with Crippen LogP contribution in [0.1, 0.15) is 251 Å². The molecule has 4 heterocycles. The average molecular weight is 1090 g/mol. The van der Waals surface area contributed by atoms with E-state index >= 15 is 0 Å². The minimum Gasteiger partial charge on any atom is -0.411 e. The number of rotatable bonds is 14. The van der Waals surface area contributed by atoms with E-state index in [1.54, 1.807) is 18.9 Å². The Labute approximate surface area is 458 Å². The number of piperazine rings is 1. The molecule has 18 heteroatoms. The van der Waals surface area contributed by atoms with E-state index in [1.807, 2.05) is 88.0 Å². The van der Waals surface area contributed by atoms with Gasteiger partial charge in [0.05, 0.1) is 43.2 Å². The molecule has 6 atom stereocenters. The topological polar surface area (TPSA) is 201 Å². The highest BCUT2D eigenvalue weighted by Crippen LogP contribution is 2.60. The molecule has 1 amide bonds. The van der Waals surface area contributed by atoms with Crippen LogP contribution in [-0.4, -0.2) is 152 Å². The van der Waals surface area contributed by atoms with E-state index in [0.29, 0.717) is 25.8 Å². The molecular formula is C57H117N6O11P. The van der Waals surface area contributed by atoms with Gasteiger partial charge in [0.2, 0.25) is 5.91 Å². The van der Waals surface area contributed by atoms with Crippen LogP contribution in [0.3, 0.4) is 0 Å². The van der Waals surface area contributed by atoms with E-state index in [9.17, 15) is 30.2 Å². The molecule has 4 aliphatic heterocycles. The van der Waals surface area contributed by atoms with Crippen LogP contribution in [-0.2, 0) is 27.9 Å². The van der Waals surface area contributed by atoms with Crippen LogP contribution >= 0.6 is 7.60 Å². The molecule has 4 aliphatic rings. The van der Waals surface area contributed by atoms with Gasteiger partial charge in [0.15, 0.2) is 5.79 Å². The van der Waals surface area contributed by atoms with Gasteiger partial charge < -0.3 is 49.5 Å². The summed E-state index contributed by atoms with van der Waals surface area (Å²) in [5.74, 6) is -1.13. The molecule has 0 aromatic heterocycles. The Morgan fingerprint density at radius 2 is 1.11 bits per heavy atom. The van der Waals surface area contributed by atoms with Crippen molar-refractivity contribution in [2.75, 3.05) is 33.0 Å². The van der Waals surface area contributed by atoms with E-state index < -0.39 is 35.7 Å². The maximum absolute atomic E-state index is 13.0. The third-order valence-corrected chi connectivity index (χ3v) is 20.6. The molecular weight excluding hydrogens is 976 g/mol. The lowest BCUT2D eigenvalue weighted by atomic mass is 9.70. The van der Waals surface area contributed by atoms with Crippen LogP contribution in [0.15, 0.2) is 5.16 Å². The minimum absolute atomic E-state index is 0.0622. The molecule has 6 unspecified atom stereocenters. The molecule has 0 aliphatic carbocycles. The molecule has 0 aromatic carbocycles. The monoisotopic (exact) mass is 1090 g/mol. The lowest BCUT2D eigenvalue weighted by Gasteiger charge is -2.59. The Kier molecular flexibility index (Phi) is 25.4. The first-order valence-corrected chi connectivity index (χ1v) is 30.3. The number of hydrogen-bond donors (Lipinski definition) is 5. The van der Waals surface area contributed by atoms with Crippen molar-refractivity contribution in [3.05, 3.63) is 0 Å². The van der Waals surface area contributed by atoms with Crippen LogP contribution in [0, 0.1) is 16.7 Å². The summed E-state index contributed by atoms with van der Waals surface area (Å²) in [6.07, 6.45) is 8.38. The van der Waals surface area contributed by atoms with Gasteiger partial charge in [-0.1, -0.05) is 102 Å².